The van der Waals surface area contributed by atoms with Crippen LogP contribution in [0.2, 0.25) is 0 Å². The van der Waals surface area contributed by atoms with Gasteiger partial charge in [-0.3, -0.25) is 0 Å². The van der Waals surface area contributed by atoms with Crippen LogP contribution in [0.15, 0.2) is 77.2 Å². The Morgan fingerprint density at radius 1 is 1.19 bits per heavy atom. The van der Waals surface area contributed by atoms with Crippen LogP contribution in [0, 0.1) is 11.3 Å². The summed E-state index contributed by atoms with van der Waals surface area (Å²) in [7, 11) is -3.92. The van der Waals surface area contributed by atoms with Gasteiger partial charge in [0.15, 0.2) is 0 Å². The zero-order valence-corrected chi connectivity index (χ0v) is 14.8. The van der Waals surface area contributed by atoms with Crippen LogP contribution in [0.5, 0.6) is 0 Å². The fraction of sp³-hybridized carbons (Fsp3) is 0.0500. The number of fused-ring (bicyclic) bond motifs is 1. The van der Waals surface area contributed by atoms with Crippen LogP contribution in [0.1, 0.15) is 5.56 Å². The third-order valence-corrected chi connectivity index (χ3v) is 5.70. The van der Waals surface area contributed by atoms with E-state index < -0.39 is 9.84 Å². The molecule has 0 bridgehead atoms. The van der Waals surface area contributed by atoms with Gasteiger partial charge in [0.2, 0.25) is 9.84 Å². The molecule has 1 heterocycles. The molecule has 0 amide bonds. The topological polar surface area (TPSA) is 88.9 Å². The third-order valence-electron chi connectivity index (χ3n) is 4.02. The zero-order chi connectivity index (χ0) is 18.7. The summed E-state index contributed by atoms with van der Waals surface area (Å²) in [6, 6.07) is 15.2. The summed E-state index contributed by atoms with van der Waals surface area (Å²) in [6.45, 7) is 4.32. The molecule has 0 aliphatic rings. The Morgan fingerprint density at radius 2 is 1.88 bits per heavy atom. The van der Waals surface area contributed by atoms with Gasteiger partial charge in [-0.25, -0.2) is 8.42 Å². The van der Waals surface area contributed by atoms with Gasteiger partial charge in [0.05, 0.1) is 4.90 Å². The van der Waals surface area contributed by atoms with E-state index in [-0.39, 0.29) is 9.80 Å². The second-order valence-electron chi connectivity index (χ2n) is 5.74. The number of para-hydroxylation sites is 1. The number of hydrogen-bond donors (Lipinski definition) is 1. The van der Waals surface area contributed by atoms with Crippen molar-refractivity contribution in [2.75, 3.05) is 5.73 Å². The summed E-state index contributed by atoms with van der Waals surface area (Å²) in [6.07, 6.45) is 4.99. The highest BCUT2D eigenvalue weighted by Crippen LogP contribution is 2.27. The number of nitrogens with zero attached hydrogens (tertiary/aromatic N) is 2. The molecule has 5 nitrogen and oxygen atoms in total. The fourth-order valence-electron chi connectivity index (χ4n) is 2.77. The monoisotopic (exact) mass is 363 g/mol. The molecule has 1 aromatic heterocycles. The fourth-order valence-corrected chi connectivity index (χ4v) is 3.92. The minimum absolute atomic E-state index is 0.0364. The molecule has 0 saturated heterocycles. The SMILES string of the molecule is C=CCn1cc(/C=C(\C#N)S(=O)(=O)c2ccc(N)cc2)c2ccccc21. The molecule has 26 heavy (non-hydrogen) atoms. The van der Waals surface area contributed by atoms with Crippen molar-refractivity contribution in [2.45, 2.75) is 11.4 Å². The van der Waals surface area contributed by atoms with Crippen molar-refractivity contribution in [3.8, 4) is 6.07 Å². The van der Waals surface area contributed by atoms with Crippen molar-refractivity contribution in [3.05, 3.63) is 77.9 Å². The van der Waals surface area contributed by atoms with Crippen LogP contribution in [-0.2, 0) is 16.4 Å². The Morgan fingerprint density at radius 3 is 2.54 bits per heavy atom. The highest BCUT2D eigenvalue weighted by atomic mass is 32.2. The molecule has 2 aromatic carbocycles. The number of nitrogen functional groups attached to an aromatic ring is 1. The van der Waals surface area contributed by atoms with Gasteiger partial charge < -0.3 is 10.3 Å². The first kappa shape index (κ1) is 17.5. The quantitative estimate of drug-likeness (QED) is 0.425. The summed E-state index contributed by atoms with van der Waals surface area (Å²) in [5, 5.41) is 10.3. The maximum atomic E-state index is 12.8. The summed E-state index contributed by atoms with van der Waals surface area (Å²) in [5.41, 5.74) is 7.68. The Balaban J connectivity index is 2.16. The Hall–Kier alpha value is -3.30. The number of benzene rings is 2. The van der Waals surface area contributed by atoms with Gasteiger partial charge in [0, 0.05) is 34.9 Å². The van der Waals surface area contributed by atoms with Crippen LogP contribution in [0.3, 0.4) is 0 Å². The predicted molar refractivity (Wildman–Crippen MR) is 104 cm³/mol. The number of anilines is 1. The lowest BCUT2D eigenvalue weighted by Gasteiger charge is -2.03. The highest BCUT2D eigenvalue weighted by molar-refractivity contribution is 7.95. The number of nitriles is 1. The Bertz CT molecular complexity index is 1150. The van der Waals surface area contributed by atoms with Gasteiger partial charge >= 0.3 is 0 Å². The molecule has 3 rings (SSSR count). The lowest BCUT2D eigenvalue weighted by Crippen LogP contribution is -2.03. The smallest absolute Gasteiger partial charge is 0.216 e. The average molecular weight is 363 g/mol. The largest absolute Gasteiger partial charge is 0.399 e. The van der Waals surface area contributed by atoms with Crippen molar-refractivity contribution in [1.82, 2.24) is 4.57 Å². The average Bonchev–Trinajstić information content (AvgIpc) is 2.98. The number of allylic oxidation sites excluding steroid dienone is 2. The normalized spacial score (nSPS) is 12.0. The van der Waals surface area contributed by atoms with Crippen LogP contribution < -0.4 is 5.73 Å². The standard InChI is InChI=1S/C20H17N3O2S/c1-2-11-23-14-15(19-5-3-4-6-20(19)23)12-18(13-21)26(24,25)17-9-7-16(22)8-10-17/h2-10,12,14H,1,11,22H2/b18-12+. The number of sulfone groups is 1. The summed E-state index contributed by atoms with van der Waals surface area (Å²) >= 11 is 0. The molecule has 0 aliphatic heterocycles. The van der Waals surface area contributed by atoms with Gasteiger partial charge in [0.1, 0.15) is 11.0 Å². The zero-order valence-electron chi connectivity index (χ0n) is 14.0. The van der Waals surface area contributed by atoms with Crippen molar-refractivity contribution >= 4 is 32.5 Å². The molecule has 0 spiro atoms. The molecule has 0 radical (unpaired) electrons. The first-order valence-corrected chi connectivity index (χ1v) is 9.37. The molecular formula is C20H17N3O2S. The highest BCUT2D eigenvalue weighted by Gasteiger charge is 2.21. The summed E-state index contributed by atoms with van der Waals surface area (Å²) < 4.78 is 27.5. The molecular weight excluding hydrogens is 346 g/mol. The minimum Gasteiger partial charge on any atom is -0.399 e. The minimum atomic E-state index is -3.92. The van der Waals surface area contributed by atoms with E-state index in [4.69, 9.17) is 5.73 Å². The van der Waals surface area contributed by atoms with E-state index in [1.807, 2.05) is 41.1 Å². The van der Waals surface area contributed by atoms with Gasteiger partial charge in [-0.05, 0) is 36.4 Å². The van der Waals surface area contributed by atoms with E-state index in [2.05, 4.69) is 6.58 Å². The molecule has 2 N–H and O–H groups in total. The van der Waals surface area contributed by atoms with Crippen molar-refractivity contribution in [1.29, 1.82) is 5.26 Å². The van der Waals surface area contributed by atoms with Crippen molar-refractivity contribution in [2.24, 2.45) is 0 Å². The number of hydrogen-bond acceptors (Lipinski definition) is 4. The molecule has 6 heteroatoms. The number of nitrogens with two attached hydrogens (primary N) is 1. The van der Waals surface area contributed by atoms with Gasteiger partial charge in [0.25, 0.3) is 0 Å². The van der Waals surface area contributed by atoms with Crippen molar-refractivity contribution in [3.63, 3.8) is 0 Å². The number of aromatic nitrogens is 1. The third kappa shape index (κ3) is 3.13. The van der Waals surface area contributed by atoms with Gasteiger partial charge in [-0.1, -0.05) is 24.3 Å². The van der Waals surface area contributed by atoms with E-state index in [0.29, 0.717) is 17.8 Å². The second-order valence-corrected chi connectivity index (χ2v) is 7.65. The molecule has 0 unspecified atom stereocenters. The van der Waals surface area contributed by atoms with Gasteiger partial charge in [-0.2, -0.15) is 5.26 Å². The Kier molecular flexibility index (Phi) is 4.65. The summed E-state index contributed by atoms with van der Waals surface area (Å²) in [5.74, 6) is 0. The molecule has 0 aliphatic carbocycles. The van der Waals surface area contributed by atoms with Crippen LogP contribution >= 0.6 is 0 Å². The van der Waals surface area contributed by atoms with E-state index >= 15 is 0 Å². The van der Waals surface area contributed by atoms with E-state index in [9.17, 15) is 13.7 Å². The molecule has 0 saturated carbocycles. The van der Waals surface area contributed by atoms with E-state index in [1.165, 1.54) is 30.3 Å². The van der Waals surface area contributed by atoms with Crippen molar-refractivity contribution < 1.29 is 8.42 Å². The first-order valence-electron chi connectivity index (χ1n) is 7.88. The second kappa shape index (κ2) is 6.90. The molecule has 3 aromatic rings. The maximum absolute atomic E-state index is 12.8. The van der Waals surface area contributed by atoms with E-state index in [0.717, 1.165) is 10.9 Å². The lowest BCUT2D eigenvalue weighted by molar-refractivity contribution is 0.603. The summed E-state index contributed by atoms with van der Waals surface area (Å²) in [4.78, 5) is -0.280. The molecule has 130 valence electrons. The molecule has 0 fully saturated rings. The number of rotatable bonds is 5. The first-order chi connectivity index (χ1) is 12.5. The lowest BCUT2D eigenvalue weighted by atomic mass is 10.1. The van der Waals surface area contributed by atoms with E-state index in [1.54, 1.807) is 6.08 Å². The van der Waals surface area contributed by atoms with Gasteiger partial charge in [-0.15, -0.1) is 6.58 Å². The van der Waals surface area contributed by atoms with Crippen LogP contribution in [-0.4, -0.2) is 13.0 Å². The van der Waals surface area contributed by atoms with Crippen LogP contribution in [0.4, 0.5) is 5.69 Å². The Labute approximate surface area is 152 Å². The van der Waals surface area contributed by atoms with Crippen LogP contribution in [0.25, 0.3) is 17.0 Å². The maximum Gasteiger partial charge on any atom is 0.216 e. The molecule has 0 atom stereocenters. The predicted octanol–water partition coefficient (Wildman–Crippen LogP) is 3.75.